The average molecular weight is 287 g/mol. The highest BCUT2D eigenvalue weighted by atomic mass is 16.3. The van der Waals surface area contributed by atoms with Crippen molar-refractivity contribution >= 4 is 16.9 Å². The van der Waals surface area contributed by atoms with Gasteiger partial charge in [-0.15, -0.1) is 0 Å². The van der Waals surface area contributed by atoms with Gasteiger partial charge in [0.2, 0.25) is 0 Å². The molecule has 0 spiro atoms. The number of amides is 1. The summed E-state index contributed by atoms with van der Waals surface area (Å²) in [6.07, 6.45) is 0. The smallest absolute Gasteiger partial charge is 0.301 e. The van der Waals surface area contributed by atoms with Gasteiger partial charge < -0.3 is 4.42 Å². The number of fused-ring (bicyclic) bond motifs is 1. The third-order valence-electron chi connectivity index (χ3n) is 4.48. The zero-order valence-electron chi connectivity index (χ0n) is 12.4. The van der Waals surface area contributed by atoms with Crippen molar-refractivity contribution in [3.05, 3.63) is 35.6 Å². The van der Waals surface area contributed by atoms with E-state index in [1.54, 1.807) is 0 Å². The Kier molecular flexibility index (Phi) is 3.69. The highest BCUT2D eigenvalue weighted by Gasteiger charge is 2.28. The molecule has 5 nitrogen and oxygen atoms in total. The van der Waals surface area contributed by atoms with Crippen LogP contribution in [0.1, 0.15) is 30.0 Å². The number of nitrogens with one attached hydrogen (secondary N) is 1. The van der Waals surface area contributed by atoms with E-state index >= 15 is 0 Å². The van der Waals surface area contributed by atoms with Crippen molar-refractivity contribution in [1.29, 1.82) is 0 Å². The van der Waals surface area contributed by atoms with Crippen LogP contribution in [0.4, 0.5) is 0 Å². The molecular formula is C16H21N3O2. The number of hydrazine groups is 1. The maximum atomic E-state index is 12.0. The number of carbonyl (C=O) groups is 1. The molecule has 1 aliphatic rings. The molecule has 21 heavy (non-hydrogen) atoms. The molecule has 2 heterocycles. The molecule has 0 saturated carbocycles. The normalized spacial score (nSPS) is 22.8. The first-order valence-electron chi connectivity index (χ1n) is 7.34. The van der Waals surface area contributed by atoms with Gasteiger partial charge in [-0.05, 0) is 17.9 Å². The Bertz CT molecular complexity index is 655. The van der Waals surface area contributed by atoms with E-state index in [4.69, 9.17) is 10.3 Å². The van der Waals surface area contributed by atoms with E-state index in [9.17, 15) is 4.79 Å². The minimum absolute atomic E-state index is 0.325. The number of nitrogens with two attached hydrogens (primary N) is 1. The van der Waals surface area contributed by atoms with Gasteiger partial charge in [-0.2, -0.15) is 0 Å². The molecule has 112 valence electrons. The highest BCUT2D eigenvalue weighted by Crippen LogP contribution is 2.30. The van der Waals surface area contributed by atoms with Crippen molar-refractivity contribution in [2.75, 3.05) is 13.1 Å². The molecule has 3 rings (SSSR count). The Labute approximate surface area is 124 Å². The van der Waals surface area contributed by atoms with E-state index < -0.39 is 0 Å². The summed E-state index contributed by atoms with van der Waals surface area (Å²) in [7, 11) is 0. The first-order chi connectivity index (χ1) is 10.1. The maximum Gasteiger partial charge on any atom is 0.301 e. The first kappa shape index (κ1) is 14.1. The van der Waals surface area contributed by atoms with E-state index in [1.807, 2.05) is 24.3 Å². The second-order valence-corrected chi connectivity index (χ2v) is 6.03. The van der Waals surface area contributed by atoms with E-state index in [2.05, 4.69) is 24.2 Å². The topological polar surface area (TPSA) is 71.5 Å². The standard InChI is InChI=1S/C16H21N3O2/c1-10-7-19(8-11(10)2)9-13-12-5-3-4-6-14(12)21-15(13)16(20)18-17/h3-6,10-11H,7-9,17H2,1-2H3,(H,18,20). The van der Waals surface area contributed by atoms with Crippen molar-refractivity contribution in [2.24, 2.45) is 17.7 Å². The van der Waals surface area contributed by atoms with Crippen LogP contribution in [0.3, 0.4) is 0 Å². The molecule has 1 aromatic heterocycles. The molecule has 5 heteroatoms. The summed E-state index contributed by atoms with van der Waals surface area (Å²) in [6.45, 7) is 7.35. The number of nitrogen functional groups attached to an aromatic ring is 1. The van der Waals surface area contributed by atoms with Crippen molar-refractivity contribution in [2.45, 2.75) is 20.4 Å². The number of likely N-dealkylation sites (tertiary alicyclic amines) is 1. The van der Waals surface area contributed by atoms with E-state index in [-0.39, 0.29) is 5.91 Å². The zero-order valence-corrected chi connectivity index (χ0v) is 12.4. The summed E-state index contributed by atoms with van der Waals surface area (Å²) in [5, 5.41) is 0.989. The number of hydrogen-bond acceptors (Lipinski definition) is 4. The molecule has 2 unspecified atom stereocenters. The minimum atomic E-state index is -0.374. The number of nitrogens with zero attached hydrogens (tertiary/aromatic N) is 1. The number of para-hydroxylation sites is 1. The molecule has 2 aromatic rings. The van der Waals surface area contributed by atoms with Crippen LogP contribution in [0.5, 0.6) is 0 Å². The predicted octanol–water partition coefficient (Wildman–Crippen LogP) is 2.12. The fraction of sp³-hybridized carbons (Fsp3) is 0.438. The van der Waals surface area contributed by atoms with Crippen molar-refractivity contribution < 1.29 is 9.21 Å². The number of hydrogen-bond donors (Lipinski definition) is 2. The SMILES string of the molecule is CC1CN(Cc2c(C(=O)NN)oc3ccccc23)CC1C. The van der Waals surface area contributed by atoms with Crippen molar-refractivity contribution in [3.63, 3.8) is 0 Å². The lowest BCUT2D eigenvalue weighted by atomic mass is 10.0. The largest absolute Gasteiger partial charge is 0.451 e. The summed E-state index contributed by atoms with van der Waals surface area (Å²) < 4.78 is 5.70. The molecule has 0 aliphatic carbocycles. The predicted molar refractivity (Wildman–Crippen MR) is 81.5 cm³/mol. The second kappa shape index (κ2) is 5.50. The number of carbonyl (C=O) groups excluding carboxylic acids is 1. The summed E-state index contributed by atoms with van der Waals surface area (Å²) in [5.41, 5.74) is 3.83. The highest BCUT2D eigenvalue weighted by molar-refractivity contribution is 5.98. The summed E-state index contributed by atoms with van der Waals surface area (Å²) >= 11 is 0. The molecule has 0 bridgehead atoms. The van der Waals surface area contributed by atoms with Crippen LogP contribution in [0, 0.1) is 11.8 Å². The monoisotopic (exact) mass is 287 g/mol. The fourth-order valence-electron chi connectivity index (χ4n) is 3.11. The van der Waals surface area contributed by atoms with Gasteiger partial charge in [-0.25, -0.2) is 5.84 Å². The van der Waals surface area contributed by atoms with Crippen LogP contribution in [-0.4, -0.2) is 23.9 Å². The molecular weight excluding hydrogens is 266 g/mol. The molecule has 1 aromatic carbocycles. The Morgan fingerprint density at radius 2 is 2.00 bits per heavy atom. The molecule has 2 atom stereocenters. The lowest BCUT2D eigenvalue weighted by Gasteiger charge is -2.15. The first-order valence-corrected chi connectivity index (χ1v) is 7.34. The number of furan rings is 1. The van der Waals surface area contributed by atoms with Gasteiger partial charge in [-0.1, -0.05) is 32.0 Å². The van der Waals surface area contributed by atoms with Crippen molar-refractivity contribution in [1.82, 2.24) is 10.3 Å². The van der Waals surface area contributed by atoms with Crippen LogP contribution in [-0.2, 0) is 6.54 Å². The third-order valence-corrected chi connectivity index (χ3v) is 4.48. The van der Waals surface area contributed by atoms with Crippen LogP contribution < -0.4 is 11.3 Å². The molecule has 1 aliphatic heterocycles. The quantitative estimate of drug-likeness (QED) is 0.515. The van der Waals surface area contributed by atoms with Crippen LogP contribution in [0.25, 0.3) is 11.0 Å². The van der Waals surface area contributed by atoms with Crippen molar-refractivity contribution in [3.8, 4) is 0 Å². The molecule has 0 radical (unpaired) electrons. The molecule has 3 N–H and O–H groups in total. The van der Waals surface area contributed by atoms with Gasteiger partial charge in [0.1, 0.15) is 5.58 Å². The Hall–Kier alpha value is -1.85. The molecule has 1 fully saturated rings. The number of rotatable bonds is 3. The zero-order chi connectivity index (χ0) is 15.0. The summed E-state index contributed by atoms with van der Waals surface area (Å²) in [5.74, 6) is 6.58. The van der Waals surface area contributed by atoms with E-state index in [0.29, 0.717) is 24.1 Å². The van der Waals surface area contributed by atoms with Gasteiger partial charge in [0, 0.05) is 30.6 Å². The lowest BCUT2D eigenvalue weighted by Crippen LogP contribution is -2.31. The van der Waals surface area contributed by atoms with Gasteiger partial charge in [0.15, 0.2) is 5.76 Å². The minimum Gasteiger partial charge on any atom is -0.451 e. The Morgan fingerprint density at radius 3 is 2.67 bits per heavy atom. The molecule has 1 saturated heterocycles. The van der Waals surface area contributed by atoms with E-state index in [0.717, 1.165) is 29.6 Å². The van der Waals surface area contributed by atoms with Gasteiger partial charge in [-0.3, -0.25) is 15.1 Å². The van der Waals surface area contributed by atoms with Gasteiger partial charge in [0.05, 0.1) is 0 Å². The number of benzene rings is 1. The fourth-order valence-corrected chi connectivity index (χ4v) is 3.11. The average Bonchev–Trinajstić information content (AvgIpc) is 3.00. The van der Waals surface area contributed by atoms with Gasteiger partial charge in [0.25, 0.3) is 0 Å². The van der Waals surface area contributed by atoms with Crippen LogP contribution >= 0.6 is 0 Å². The Morgan fingerprint density at radius 1 is 1.33 bits per heavy atom. The Balaban J connectivity index is 1.97. The summed E-state index contributed by atoms with van der Waals surface area (Å²) in [6, 6.07) is 7.73. The maximum absolute atomic E-state index is 12.0. The lowest BCUT2D eigenvalue weighted by molar-refractivity contribution is 0.0925. The summed E-state index contributed by atoms with van der Waals surface area (Å²) in [4.78, 5) is 14.3. The third kappa shape index (κ3) is 2.54. The second-order valence-electron chi connectivity index (χ2n) is 6.03. The van der Waals surface area contributed by atoms with Crippen LogP contribution in [0.15, 0.2) is 28.7 Å². The molecule has 1 amide bonds. The van der Waals surface area contributed by atoms with Crippen LogP contribution in [0.2, 0.25) is 0 Å². The van der Waals surface area contributed by atoms with E-state index in [1.165, 1.54) is 0 Å². The van der Waals surface area contributed by atoms with Gasteiger partial charge >= 0.3 is 5.91 Å².